The van der Waals surface area contributed by atoms with E-state index in [4.69, 9.17) is 27.5 Å². The Balaban J connectivity index is 2.31. The number of benzene rings is 1. The maximum absolute atomic E-state index is 7.36. The number of ether oxygens (including phenoxy) is 1. The smallest absolute Gasteiger partial charge is 0.219 e. The van der Waals surface area contributed by atoms with Gasteiger partial charge in [-0.15, -0.1) is 0 Å². The molecule has 5 heteroatoms. The van der Waals surface area contributed by atoms with Crippen LogP contribution < -0.4 is 10.5 Å². The monoisotopic (exact) mass is 261 g/mol. The molecule has 0 aliphatic rings. The molecule has 0 bridgehead atoms. The molecule has 0 atom stereocenters. The summed E-state index contributed by atoms with van der Waals surface area (Å²) in [6.45, 7) is 1.95. The van der Waals surface area contributed by atoms with Crippen molar-refractivity contribution in [1.82, 2.24) is 4.98 Å². The number of amidine groups is 1. The number of nitrogens with two attached hydrogens (primary N) is 1. The van der Waals surface area contributed by atoms with E-state index in [1.165, 1.54) is 6.20 Å². The second-order valence-corrected chi connectivity index (χ2v) is 4.24. The highest BCUT2D eigenvalue weighted by Crippen LogP contribution is 2.29. The molecule has 3 N–H and O–H groups in total. The van der Waals surface area contributed by atoms with E-state index in [9.17, 15) is 0 Å². The number of rotatable bonds is 3. The van der Waals surface area contributed by atoms with Crippen molar-refractivity contribution < 1.29 is 4.74 Å². The van der Waals surface area contributed by atoms with Crippen molar-refractivity contribution in [2.24, 2.45) is 5.73 Å². The highest BCUT2D eigenvalue weighted by atomic mass is 35.5. The zero-order chi connectivity index (χ0) is 13.1. The average Bonchev–Trinajstić information content (AvgIpc) is 2.34. The Labute approximate surface area is 110 Å². The van der Waals surface area contributed by atoms with Crippen LogP contribution in [0.4, 0.5) is 0 Å². The molecule has 2 aromatic rings. The standard InChI is InChI=1S/C13H12ClN3O/c1-8-2-3-10(14)11(6-8)18-12-7-9(13(15)16)4-5-17-12/h2-7H,1H3,(H3,15,16). The molecule has 1 aromatic carbocycles. The third-order valence-corrected chi connectivity index (χ3v) is 2.66. The second kappa shape index (κ2) is 5.06. The summed E-state index contributed by atoms with van der Waals surface area (Å²) in [5.74, 6) is 0.859. The van der Waals surface area contributed by atoms with Crippen molar-refractivity contribution in [2.75, 3.05) is 0 Å². The summed E-state index contributed by atoms with van der Waals surface area (Å²) >= 11 is 6.03. The maximum Gasteiger partial charge on any atom is 0.219 e. The van der Waals surface area contributed by atoms with E-state index in [-0.39, 0.29) is 5.84 Å². The lowest BCUT2D eigenvalue weighted by molar-refractivity contribution is 0.462. The van der Waals surface area contributed by atoms with Gasteiger partial charge >= 0.3 is 0 Å². The largest absolute Gasteiger partial charge is 0.437 e. The molecule has 0 fully saturated rings. The van der Waals surface area contributed by atoms with Gasteiger partial charge in [0.25, 0.3) is 0 Å². The van der Waals surface area contributed by atoms with Crippen molar-refractivity contribution in [2.45, 2.75) is 6.92 Å². The molecule has 0 aliphatic heterocycles. The third kappa shape index (κ3) is 2.78. The van der Waals surface area contributed by atoms with E-state index >= 15 is 0 Å². The van der Waals surface area contributed by atoms with E-state index in [0.29, 0.717) is 22.2 Å². The number of aryl methyl sites for hydroxylation is 1. The van der Waals surface area contributed by atoms with E-state index in [1.807, 2.05) is 19.1 Å². The Bertz CT molecular complexity index is 599. The van der Waals surface area contributed by atoms with Crippen molar-refractivity contribution in [3.05, 3.63) is 52.7 Å². The number of pyridine rings is 1. The van der Waals surface area contributed by atoms with Crippen LogP contribution in [-0.2, 0) is 0 Å². The maximum atomic E-state index is 7.36. The normalized spacial score (nSPS) is 10.1. The molecule has 0 unspecified atom stereocenters. The van der Waals surface area contributed by atoms with Gasteiger partial charge in [-0.1, -0.05) is 17.7 Å². The van der Waals surface area contributed by atoms with Crippen LogP contribution in [0.5, 0.6) is 11.6 Å². The molecule has 4 nitrogen and oxygen atoms in total. The number of hydrogen-bond donors (Lipinski definition) is 2. The molecule has 0 amide bonds. The summed E-state index contributed by atoms with van der Waals surface area (Å²) in [5, 5.41) is 7.87. The quantitative estimate of drug-likeness (QED) is 0.659. The fourth-order valence-electron chi connectivity index (χ4n) is 1.43. The van der Waals surface area contributed by atoms with Gasteiger partial charge in [-0.2, -0.15) is 0 Å². The fraction of sp³-hybridized carbons (Fsp3) is 0.0769. The van der Waals surface area contributed by atoms with Gasteiger partial charge in [0.15, 0.2) is 0 Å². The van der Waals surface area contributed by atoms with Crippen LogP contribution in [0.3, 0.4) is 0 Å². The predicted molar refractivity (Wildman–Crippen MR) is 71.5 cm³/mol. The van der Waals surface area contributed by atoms with Gasteiger partial charge in [-0.25, -0.2) is 4.98 Å². The Morgan fingerprint density at radius 3 is 2.83 bits per heavy atom. The second-order valence-electron chi connectivity index (χ2n) is 3.83. The van der Waals surface area contributed by atoms with Gasteiger partial charge in [0.1, 0.15) is 11.6 Å². The van der Waals surface area contributed by atoms with Crippen molar-refractivity contribution in [3.8, 4) is 11.6 Å². The Hall–Kier alpha value is -2.07. The minimum Gasteiger partial charge on any atom is -0.437 e. The van der Waals surface area contributed by atoms with Crippen LogP contribution in [-0.4, -0.2) is 10.8 Å². The lowest BCUT2D eigenvalue weighted by Crippen LogP contribution is -2.11. The Kier molecular flexibility index (Phi) is 3.48. The SMILES string of the molecule is Cc1ccc(Cl)c(Oc2cc(C(=N)N)ccn2)c1. The van der Waals surface area contributed by atoms with Gasteiger partial charge in [-0.05, 0) is 30.7 Å². The predicted octanol–water partition coefficient (Wildman–Crippen LogP) is 3.12. The molecule has 0 spiro atoms. The van der Waals surface area contributed by atoms with Crippen LogP contribution in [0.15, 0.2) is 36.5 Å². The Morgan fingerprint density at radius 1 is 1.33 bits per heavy atom. The minimum atomic E-state index is -0.0300. The van der Waals surface area contributed by atoms with Gasteiger partial charge in [0.05, 0.1) is 5.02 Å². The summed E-state index contributed by atoms with van der Waals surface area (Å²) in [4.78, 5) is 4.05. The van der Waals surface area contributed by atoms with Gasteiger partial charge in [-0.3, -0.25) is 5.41 Å². The zero-order valence-electron chi connectivity index (χ0n) is 9.77. The average molecular weight is 262 g/mol. The topological polar surface area (TPSA) is 72.0 Å². The molecule has 92 valence electrons. The first-order valence-electron chi connectivity index (χ1n) is 5.31. The molecule has 2 rings (SSSR count). The van der Waals surface area contributed by atoms with Gasteiger partial charge < -0.3 is 10.5 Å². The number of hydrogen-bond acceptors (Lipinski definition) is 3. The molecular weight excluding hydrogens is 250 g/mol. The lowest BCUT2D eigenvalue weighted by Gasteiger charge is -2.08. The molecule has 1 heterocycles. The zero-order valence-corrected chi connectivity index (χ0v) is 10.5. The molecule has 0 saturated heterocycles. The molecule has 1 aromatic heterocycles. The minimum absolute atomic E-state index is 0.0300. The fourth-order valence-corrected chi connectivity index (χ4v) is 1.59. The summed E-state index contributed by atoms with van der Waals surface area (Å²) in [5.41, 5.74) is 7.00. The van der Waals surface area contributed by atoms with E-state index in [2.05, 4.69) is 4.98 Å². The Morgan fingerprint density at radius 2 is 2.11 bits per heavy atom. The summed E-state index contributed by atoms with van der Waals surface area (Å²) in [6, 6.07) is 8.73. The van der Waals surface area contributed by atoms with Crippen LogP contribution in [0.25, 0.3) is 0 Å². The highest BCUT2D eigenvalue weighted by molar-refractivity contribution is 6.32. The van der Waals surface area contributed by atoms with E-state index in [1.54, 1.807) is 18.2 Å². The van der Waals surface area contributed by atoms with Crippen LogP contribution in [0, 0.1) is 12.3 Å². The summed E-state index contributed by atoms with van der Waals surface area (Å²) in [6.07, 6.45) is 1.54. The molecule has 0 aliphatic carbocycles. The third-order valence-electron chi connectivity index (χ3n) is 2.35. The summed E-state index contributed by atoms with van der Waals surface area (Å²) in [7, 11) is 0. The number of halogens is 1. The van der Waals surface area contributed by atoms with E-state index in [0.717, 1.165) is 5.56 Å². The number of nitrogens with zero attached hydrogens (tertiary/aromatic N) is 1. The van der Waals surface area contributed by atoms with Crippen molar-refractivity contribution in [3.63, 3.8) is 0 Å². The molecule has 18 heavy (non-hydrogen) atoms. The summed E-state index contributed by atoms with van der Waals surface area (Å²) < 4.78 is 5.59. The first-order chi connectivity index (χ1) is 8.56. The van der Waals surface area contributed by atoms with Gasteiger partial charge in [0, 0.05) is 17.8 Å². The number of nitrogen functional groups attached to an aromatic ring is 1. The van der Waals surface area contributed by atoms with E-state index < -0.39 is 0 Å². The van der Waals surface area contributed by atoms with Crippen LogP contribution in [0.2, 0.25) is 5.02 Å². The molecule has 0 saturated carbocycles. The van der Waals surface area contributed by atoms with Crippen LogP contribution in [0.1, 0.15) is 11.1 Å². The van der Waals surface area contributed by atoms with Crippen LogP contribution >= 0.6 is 11.6 Å². The van der Waals surface area contributed by atoms with Crippen molar-refractivity contribution >= 4 is 17.4 Å². The number of nitrogens with one attached hydrogen (secondary N) is 1. The first kappa shape index (κ1) is 12.4. The highest BCUT2D eigenvalue weighted by Gasteiger charge is 2.06. The molecule has 0 radical (unpaired) electrons. The number of aromatic nitrogens is 1. The first-order valence-corrected chi connectivity index (χ1v) is 5.68. The van der Waals surface area contributed by atoms with Crippen molar-refractivity contribution in [1.29, 1.82) is 5.41 Å². The molecular formula is C13H12ClN3O. The lowest BCUT2D eigenvalue weighted by atomic mass is 10.2. The van der Waals surface area contributed by atoms with Gasteiger partial charge in [0.2, 0.25) is 5.88 Å².